The lowest BCUT2D eigenvalue weighted by Gasteiger charge is -2.21. The smallest absolute Gasteiger partial charge is 0.243 e. The van der Waals surface area contributed by atoms with Crippen LogP contribution in [0.1, 0.15) is 12.8 Å². The van der Waals surface area contributed by atoms with E-state index in [1.165, 1.54) is 7.11 Å². The van der Waals surface area contributed by atoms with Crippen molar-refractivity contribution in [3.8, 4) is 5.75 Å². The van der Waals surface area contributed by atoms with E-state index in [0.29, 0.717) is 17.9 Å². The van der Waals surface area contributed by atoms with E-state index in [2.05, 4.69) is 16.0 Å². The van der Waals surface area contributed by atoms with Gasteiger partial charge in [0.2, 0.25) is 17.7 Å². The predicted octanol–water partition coefficient (Wildman–Crippen LogP) is 0.0285. The second-order valence-corrected chi connectivity index (χ2v) is 4.63. The Kier molecular flexibility index (Phi) is 4.89. The second-order valence-electron chi connectivity index (χ2n) is 4.63. The van der Waals surface area contributed by atoms with Crippen molar-refractivity contribution in [3.63, 3.8) is 0 Å². The molecule has 1 fully saturated rings. The third-order valence-electron chi connectivity index (χ3n) is 3.13. The van der Waals surface area contributed by atoms with Gasteiger partial charge in [-0.25, -0.2) is 0 Å². The molecule has 1 atom stereocenters. The molecule has 112 valence electrons. The fraction of sp³-hybridized carbons (Fsp3) is 0.357. The Balaban J connectivity index is 1.85. The Labute approximate surface area is 122 Å². The average molecular weight is 291 g/mol. The van der Waals surface area contributed by atoms with E-state index in [9.17, 15) is 14.4 Å². The molecule has 1 aromatic carbocycles. The van der Waals surface area contributed by atoms with Crippen molar-refractivity contribution in [3.05, 3.63) is 24.3 Å². The summed E-state index contributed by atoms with van der Waals surface area (Å²) < 4.78 is 5.13. The topological polar surface area (TPSA) is 96.5 Å². The van der Waals surface area contributed by atoms with Gasteiger partial charge in [0.1, 0.15) is 5.75 Å². The van der Waals surface area contributed by atoms with Gasteiger partial charge in [-0.05, 0) is 18.6 Å². The lowest BCUT2D eigenvalue weighted by atomic mass is 10.1. The summed E-state index contributed by atoms with van der Waals surface area (Å²) in [4.78, 5) is 34.4. The summed E-state index contributed by atoms with van der Waals surface area (Å²) in [5.41, 5.74) is 0.565. The molecule has 7 heteroatoms. The number of rotatable bonds is 5. The number of anilines is 1. The molecule has 2 rings (SSSR count). The van der Waals surface area contributed by atoms with E-state index in [4.69, 9.17) is 4.74 Å². The molecule has 21 heavy (non-hydrogen) atoms. The van der Waals surface area contributed by atoms with E-state index in [1.54, 1.807) is 24.3 Å². The Morgan fingerprint density at radius 1 is 1.38 bits per heavy atom. The summed E-state index contributed by atoms with van der Waals surface area (Å²) in [5.74, 6) is -0.399. The van der Waals surface area contributed by atoms with Crippen molar-refractivity contribution in [1.29, 1.82) is 0 Å². The highest BCUT2D eigenvalue weighted by molar-refractivity contribution is 6.00. The van der Waals surface area contributed by atoms with Gasteiger partial charge in [0.15, 0.2) is 0 Å². The van der Waals surface area contributed by atoms with Crippen LogP contribution in [0.2, 0.25) is 0 Å². The summed E-state index contributed by atoms with van der Waals surface area (Å²) in [6.45, 7) is -0.0235. The van der Waals surface area contributed by atoms with Crippen LogP contribution in [-0.2, 0) is 14.4 Å². The van der Waals surface area contributed by atoms with Crippen LogP contribution in [0, 0.1) is 0 Å². The van der Waals surface area contributed by atoms with Crippen LogP contribution in [0.15, 0.2) is 24.3 Å². The molecule has 0 radical (unpaired) electrons. The molecule has 1 saturated heterocycles. The number of hydrogen-bond acceptors (Lipinski definition) is 5. The maximum atomic E-state index is 11.9. The molecule has 1 unspecified atom stereocenters. The highest BCUT2D eigenvalue weighted by atomic mass is 16.5. The van der Waals surface area contributed by atoms with Crippen LogP contribution in [0.3, 0.4) is 0 Å². The molecule has 0 bridgehead atoms. The molecule has 0 spiro atoms. The number of carbonyl (C=O) groups is 3. The summed E-state index contributed by atoms with van der Waals surface area (Å²) >= 11 is 0. The number of methoxy groups -OCH3 is 1. The molecule has 1 heterocycles. The van der Waals surface area contributed by atoms with Gasteiger partial charge >= 0.3 is 0 Å². The van der Waals surface area contributed by atoms with Crippen LogP contribution in [0.4, 0.5) is 5.69 Å². The fourth-order valence-electron chi connectivity index (χ4n) is 2.05. The van der Waals surface area contributed by atoms with E-state index in [-0.39, 0.29) is 24.8 Å². The highest BCUT2D eigenvalue weighted by Gasteiger charge is 2.26. The normalized spacial score (nSPS) is 18.0. The minimum atomic E-state index is -0.522. The number of nitrogens with one attached hydrogen (secondary N) is 3. The molecule has 1 aromatic rings. The van der Waals surface area contributed by atoms with Gasteiger partial charge in [0.05, 0.1) is 25.4 Å². The van der Waals surface area contributed by atoms with Crippen molar-refractivity contribution < 1.29 is 19.1 Å². The van der Waals surface area contributed by atoms with Crippen LogP contribution >= 0.6 is 0 Å². The van der Waals surface area contributed by atoms with E-state index in [1.807, 2.05) is 0 Å². The lowest BCUT2D eigenvalue weighted by Crippen LogP contribution is -2.52. The zero-order chi connectivity index (χ0) is 15.2. The Hall–Kier alpha value is -2.41. The number of hydrogen-bond donors (Lipinski definition) is 3. The molecule has 0 aliphatic carbocycles. The third-order valence-corrected chi connectivity index (χ3v) is 3.13. The van der Waals surface area contributed by atoms with Gasteiger partial charge in [-0.2, -0.15) is 0 Å². The first-order valence-corrected chi connectivity index (χ1v) is 6.60. The van der Waals surface area contributed by atoms with Gasteiger partial charge < -0.3 is 10.1 Å². The third kappa shape index (κ3) is 4.03. The van der Waals surface area contributed by atoms with Crippen LogP contribution in [-0.4, -0.2) is 37.4 Å². The first kappa shape index (κ1) is 15.0. The summed E-state index contributed by atoms with van der Waals surface area (Å²) in [7, 11) is 1.52. The van der Waals surface area contributed by atoms with Gasteiger partial charge in [0.25, 0.3) is 0 Å². The molecule has 1 aliphatic heterocycles. The quantitative estimate of drug-likeness (QED) is 0.665. The summed E-state index contributed by atoms with van der Waals surface area (Å²) in [5, 5.41) is 7.76. The molecule has 3 N–H and O–H groups in total. The van der Waals surface area contributed by atoms with Gasteiger partial charge in [-0.1, -0.05) is 12.1 Å². The SMILES string of the molecule is COc1ccccc1NC(=O)CNC1CCC(=O)NC1=O. The first-order valence-electron chi connectivity index (χ1n) is 6.60. The number of para-hydroxylation sites is 2. The zero-order valence-corrected chi connectivity index (χ0v) is 11.6. The predicted molar refractivity (Wildman–Crippen MR) is 75.8 cm³/mol. The largest absolute Gasteiger partial charge is 0.495 e. The number of amides is 3. The molecular weight excluding hydrogens is 274 g/mol. The minimum Gasteiger partial charge on any atom is -0.495 e. The number of benzene rings is 1. The fourth-order valence-corrected chi connectivity index (χ4v) is 2.05. The van der Waals surface area contributed by atoms with E-state index in [0.717, 1.165) is 0 Å². The minimum absolute atomic E-state index is 0.0235. The maximum Gasteiger partial charge on any atom is 0.243 e. The Morgan fingerprint density at radius 2 is 2.14 bits per heavy atom. The van der Waals surface area contributed by atoms with Crippen LogP contribution < -0.4 is 20.7 Å². The summed E-state index contributed by atoms with van der Waals surface area (Å²) in [6, 6.07) is 6.53. The number of piperidine rings is 1. The molecule has 0 saturated carbocycles. The standard InChI is InChI=1S/C14H17N3O4/c1-21-11-5-3-2-4-9(11)16-13(19)8-15-10-6-7-12(18)17-14(10)20/h2-5,10,15H,6-8H2,1H3,(H,16,19)(H,17,18,20). The zero-order valence-electron chi connectivity index (χ0n) is 11.6. The first-order chi connectivity index (χ1) is 10.1. The number of ether oxygens (including phenoxy) is 1. The molecule has 3 amide bonds. The lowest BCUT2D eigenvalue weighted by molar-refractivity contribution is -0.134. The Bertz CT molecular complexity index is 559. The van der Waals surface area contributed by atoms with Crippen molar-refractivity contribution >= 4 is 23.4 Å². The maximum absolute atomic E-state index is 11.9. The van der Waals surface area contributed by atoms with Crippen molar-refractivity contribution in [2.24, 2.45) is 0 Å². The van der Waals surface area contributed by atoms with E-state index < -0.39 is 11.9 Å². The number of imide groups is 1. The van der Waals surface area contributed by atoms with Crippen molar-refractivity contribution in [2.75, 3.05) is 19.0 Å². The van der Waals surface area contributed by atoms with Gasteiger partial charge in [0, 0.05) is 6.42 Å². The van der Waals surface area contributed by atoms with Gasteiger partial charge in [-0.15, -0.1) is 0 Å². The van der Waals surface area contributed by atoms with Crippen LogP contribution in [0.25, 0.3) is 0 Å². The average Bonchev–Trinajstić information content (AvgIpc) is 2.47. The van der Waals surface area contributed by atoms with Crippen molar-refractivity contribution in [2.45, 2.75) is 18.9 Å². The molecule has 1 aliphatic rings. The Morgan fingerprint density at radius 3 is 2.86 bits per heavy atom. The van der Waals surface area contributed by atoms with E-state index >= 15 is 0 Å². The van der Waals surface area contributed by atoms with Crippen molar-refractivity contribution in [1.82, 2.24) is 10.6 Å². The molecular formula is C14H17N3O4. The molecule has 7 nitrogen and oxygen atoms in total. The number of carbonyl (C=O) groups excluding carboxylic acids is 3. The second kappa shape index (κ2) is 6.85. The van der Waals surface area contributed by atoms with Gasteiger partial charge in [-0.3, -0.25) is 25.0 Å². The van der Waals surface area contributed by atoms with Crippen LogP contribution in [0.5, 0.6) is 5.75 Å². The molecule has 0 aromatic heterocycles. The monoisotopic (exact) mass is 291 g/mol. The highest BCUT2D eigenvalue weighted by Crippen LogP contribution is 2.22. The summed E-state index contributed by atoms with van der Waals surface area (Å²) in [6.07, 6.45) is 0.671.